The largest absolute Gasteiger partial charge is 0.481 e. The summed E-state index contributed by atoms with van der Waals surface area (Å²) in [6.07, 6.45) is 0.303. The predicted octanol–water partition coefficient (Wildman–Crippen LogP) is 4.02. The van der Waals surface area contributed by atoms with Crippen LogP contribution in [-0.4, -0.2) is 53.7 Å². The second-order valence-electron chi connectivity index (χ2n) is 7.90. The smallest absolute Gasteiger partial charge is 0.407 e. The van der Waals surface area contributed by atoms with Gasteiger partial charge in [-0.2, -0.15) is 0 Å². The quantitative estimate of drug-likeness (QED) is 0.584. The van der Waals surface area contributed by atoms with Crippen LogP contribution < -0.4 is 5.32 Å². The maximum absolute atomic E-state index is 12.9. The summed E-state index contributed by atoms with van der Waals surface area (Å²) in [5.74, 6) is -1.31. The number of hydrogen-bond acceptors (Lipinski definition) is 4. The molecule has 2 amide bonds. The SMILES string of the molecule is CCCN(CCC(=O)O)C(=O)C(CC)NC(=O)OCC1c2ccccc2-c2ccccc21. The zero-order valence-electron chi connectivity index (χ0n) is 18.5. The van der Waals surface area contributed by atoms with E-state index in [2.05, 4.69) is 17.4 Å². The highest BCUT2D eigenvalue weighted by molar-refractivity contribution is 5.86. The first-order valence-electron chi connectivity index (χ1n) is 11.1. The van der Waals surface area contributed by atoms with Crippen LogP contribution in [0.3, 0.4) is 0 Å². The molecule has 7 heteroatoms. The van der Waals surface area contributed by atoms with Gasteiger partial charge in [0.05, 0.1) is 6.42 Å². The lowest BCUT2D eigenvalue weighted by Gasteiger charge is -2.26. The van der Waals surface area contributed by atoms with Gasteiger partial charge in [-0.25, -0.2) is 4.79 Å². The van der Waals surface area contributed by atoms with E-state index in [-0.39, 0.29) is 31.4 Å². The third kappa shape index (κ3) is 5.28. The molecule has 170 valence electrons. The number of carboxylic acids is 1. The standard InChI is InChI=1S/C25H30N2O5/c1-3-14-27(15-13-23(28)29)24(30)22(4-2)26-25(31)32-16-21-19-11-7-5-9-17(19)18-10-6-8-12-20(18)21/h5-12,21-22H,3-4,13-16H2,1-2H3,(H,26,31)(H,28,29). The number of carbonyl (C=O) groups is 3. The van der Waals surface area contributed by atoms with Crippen molar-refractivity contribution in [1.82, 2.24) is 10.2 Å². The topological polar surface area (TPSA) is 95.9 Å². The van der Waals surface area contributed by atoms with Gasteiger partial charge in [0.2, 0.25) is 5.91 Å². The van der Waals surface area contributed by atoms with Crippen LogP contribution in [0.1, 0.15) is 50.2 Å². The van der Waals surface area contributed by atoms with Crippen molar-refractivity contribution in [3.63, 3.8) is 0 Å². The zero-order valence-corrected chi connectivity index (χ0v) is 18.5. The first kappa shape index (κ1) is 23.3. The lowest BCUT2D eigenvalue weighted by molar-refractivity contribution is -0.139. The molecule has 0 bridgehead atoms. The zero-order chi connectivity index (χ0) is 23.1. The Labute approximate surface area is 188 Å². The Bertz CT molecular complexity index is 929. The van der Waals surface area contributed by atoms with E-state index < -0.39 is 18.1 Å². The molecule has 0 spiro atoms. The molecule has 2 aromatic carbocycles. The van der Waals surface area contributed by atoms with E-state index >= 15 is 0 Å². The molecule has 0 heterocycles. The molecule has 1 unspecified atom stereocenters. The van der Waals surface area contributed by atoms with E-state index in [1.807, 2.05) is 43.3 Å². The number of nitrogens with zero attached hydrogens (tertiary/aromatic N) is 1. The summed E-state index contributed by atoms with van der Waals surface area (Å²) in [5, 5.41) is 11.6. The fraction of sp³-hybridized carbons (Fsp3) is 0.400. The van der Waals surface area contributed by atoms with Crippen molar-refractivity contribution in [2.75, 3.05) is 19.7 Å². The third-order valence-electron chi connectivity index (χ3n) is 5.74. The summed E-state index contributed by atoms with van der Waals surface area (Å²) in [7, 11) is 0. The molecule has 0 radical (unpaired) electrons. The van der Waals surface area contributed by atoms with Crippen molar-refractivity contribution in [3.05, 3.63) is 59.7 Å². The van der Waals surface area contributed by atoms with E-state index in [9.17, 15) is 14.4 Å². The number of benzene rings is 2. The summed E-state index contributed by atoms with van der Waals surface area (Å²) in [4.78, 5) is 37.8. The Morgan fingerprint density at radius 1 is 1.00 bits per heavy atom. The number of amides is 2. The summed E-state index contributed by atoms with van der Waals surface area (Å²) in [6, 6.07) is 15.4. The molecule has 0 saturated carbocycles. The molecule has 0 fully saturated rings. The van der Waals surface area contributed by atoms with Crippen LogP contribution in [0.2, 0.25) is 0 Å². The van der Waals surface area contributed by atoms with Crippen molar-refractivity contribution in [3.8, 4) is 11.1 Å². The first-order chi connectivity index (χ1) is 15.5. The Balaban J connectivity index is 1.63. The van der Waals surface area contributed by atoms with Gasteiger partial charge in [0.25, 0.3) is 0 Å². The van der Waals surface area contributed by atoms with E-state index in [0.29, 0.717) is 19.4 Å². The van der Waals surface area contributed by atoms with Crippen LogP contribution in [0.15, 0.2) is 48.5 Å². The normalized spacial score (nSPS) is 13.1. The molecule has 0 aliphatic heterocycles. The van der Waals surface area contributed by atoms with Crippen LogP contribution >= 0.6 is 0 Å². The lowest BCUT2D eigenvalue weighted by Crippen LogP contribution is -2.49. The Kier molecular flexibility index (Phi) is 7.87. The average molecular weight is 439 g/mol. The second kappa shape index (κ2) is 10.8. The van der Waals surface area contributed by atoms with Crippen LogP contribution in [0, 0.1) is 0 Å². The van der Waals surface area contributed by atoms with Crippen molar-refractivity contribution in [1.29, 1.82) is 0 Å². The van der Waals surface area contributed by atoms with Gasteiger partial charge in [-0.05, 0) is 35.1 Å². The highest BCUT2D eigenvalue weighted by Gasteiger charge is 2.30. The Morgan fingerprint density at radius 2 is 1.59 bits per heavy atom. The third-order valence-corrected chi connectivity index (χ3v) is 5.74. The van der Waals surface area contributed by atoms with Gasteiger partial charge in [0.15, 0.2) is 0 Å². The minimum absolute atomic E-state index is 0.0592. The fourth-order valence-corrected chi connectivity index (χ4v) is 4.17. The molecule has 0 aromatic heterocycles. The van der Waals surface area contributed by atoms with Gasteiger partial charge in [-0.1, -0.05) is 62.4 Å². The van der Waals surface area contributed by atoms with E-state index in [0.717, 1.165) is 22.3 Å². The van der Waals surface area contributed by atoms with E-state index in [1.54, 1.807) is 6.92 Å². The number of rotatable bonds is 10. The number of ether oxygens (including phenoxy) is 1. The maximum atomic E-state index is 12.9. The van der Waals surface area contributed by atoms with Gasteiger partial charge in [-0.15, -0.1) is 0 Å². The van der Waals surface area contributed by atoms with Crippen LogP contribution in [-0.2, 0) is 14.3 Å². The summed E-state index contributed by atoms with van der Waals surface area (Å²) in [6.45, 7) is 4.44. The fourth-order valence-electron chi connectivity index (χ4n) is 4.17. The van der Waals surface area contributed by atoms with Crippen molar-refractivity contribution in [2.45, 2.75) is 45.1 Å². The van der Waals surface area contributed by atoms with Crippen molar-refractivity contribution < 1.29 is 24.2 Å². The Morgan fingerprint density at radius 3 is 2.12 bits per heavy atom. The summed E-state index contributed by atoms with van der Waals surface area (Å²) < 4.78 is 5.55. The minimum atomic E-state index is -0.962. The number of aliphatic carboxylic acids is 1. The lowest BCUT2D eigenvalue weighted by atomic mass is 9.98. The van der Waals surface area contributed by atoms with Crippen LogP contribution in [0.25, 0.3) is 11.1 Å². The molecule has 1 aliphatic carbocycles. The monoisotopic (exact) mass is 438 g/mol. The average Bonchev–Trinajstić information content (AvgIpc) is 3.12. The number of fused-ring (bicyclic) bond motifs is 3. The van der Waals surface area contributed by atoms with Crippen molar-refractivity contribution in [2.24, 2.45) is 0 Å². The summed E-state index contributed by atoms with van der Waals surface area (Å²) >= 11 is 0. The molecular weight excluding hydrogens is 408 g/mol. The first-order valence-corrected chi connectivity index (χ1v) is 11.1. The van der Waals surface area contributed by atoms with Gasteiger partial charge in [0.1, 0.15) is 12.6 Å². The van der Waals surface area contributed by atoms with Gasteiger partial charge >= 0.3 is 12.1 Å². The molecule has 2 aromatic rings. The van der Waals surface area contributed by atoms with Gasteiger partial charge < -0.3 is 20.1 Å². The molecule has 3 rings (SSSR count). The molecule has 0 saturated heterocycles. The molecule has 2 N–H and O–H groups in total. The molecular formula is C25H30N2O5. The highest BCUT2D eigenvalue weighted by atomic mass is 16.5. The van der Waals surface area contributed by atoms with E-state index in [1.165, 1.54) is 4.90 Å². The van der Waals surface area contributed by atoms with Gasteiger partial charge in [0, 0.05) is 19.0 Å². The predicted molar refractivity (Wildman–Crippen MR) is 121 cm³/mol. The second-order valence-corrected chi connectivity index (χ2v) is 7.90. The number of alkyl carbamates (subject to hydrolysis) is 1. The minimum Gasteiger partial charge on any atom is -0.481 e. The molecule has 1 atom stereocenters. The molecule has 1 aliphatic rings. The van der Waals surface area contributed by atoms with Gasteiger partial charge in [-0.3, -0.25) is 9.59 Å². The molecule has 7 nitrogen and oxygen atoms in total. The van der Waals surface area contributed by atoms with E-state index in [4.69, 9.17) is 9.84 Å². The highest BCUT2D eigenvalue weighted by Crippen LogP contribution is 2.44. The number of carboxylic acid groups (broad SMARTS) is 1. The number of hydrogen-bond donors (Lipinski definition) is 2. The number of nitrogens with one attached hydrogen (secondary N) is 1. The maximum Gasteiger partial charge on any atom is 0.407 e. The number of carbonyl (C=O) groups excluding carboxylic acids is 2. The molecule has 32 heavy (non-hydrogen) atoms. The van der Waals surface area contributed by atoms with Crippen LogP contribution in [0.5, 0.6) is 0 Å². The Hall–Kier alpha value is -3.35. The summed E-state index contributed by atoms with van der Waals surface area (Å²) in [5.41, 5.74) is 4.53. The van der Waals surface area contributed by atoms with Crippen LogP contribution in [0.4, 0.5) is 4.79 Å². The van der Waals surface area contributed by atoms with Crippen molar-refractivity contribution >= 4 is 18.0 Å².